The number of nitrogens with zero attached hydrogens (tertiary/aromatic N) is 2. The fourth-order valence-electron chi connectivity index (χ4n) is 4.02. The molecular formula is C22H28N4O4. The minimum absolute atomic E-state index is 0.0148. The predicted molar refractivity (Wildman–Crippen MR) is 114 cm³/mol. The third-order valence-electron chi connectivity index (χ3n) is 5.61. The number of ether oxygens (including phenoxy) is 2. The molecule has 2 heterocycles. The molecule has 0 radical (unpaired) electrons. The number of H-pyrrole nitrogens is 1. The summed E-state index contributed by atoms with van der Waals surface area (Å²) in [4.78, 5) is 26.6. The highest BCUT2D eigenvalue weighted by Gasteiger charge is 2.19. The molecule has 1 fully saturated rings. The maximum atomic E-state index is 12.3. The predicted octanol–water partition coefficient (Wildman–Crippen LogP) is 1.60. The van der Waals surface area contributed by atoms with Crippen molar-refractivity contribution >= 4 is 11.6 Å². The standard InChI is InChI=1S/C22H28N4O4/c27-20(15-30-13-10-26-8-11-29-12-9-26)23-17-5-3-4-16(14-17)21-18-6-1-2-7-19(18)22(28)25-24-21/h3-5,14H,1-2,6-13,15H2,(H,23,27)(H,25,28). The molecule has 1 aromatic carbocycles. The molecule has 0 atom stereocenters. The molecule has 1 amide bonds. The smallest absolute Gasteiger partial charge is 0.267 e. The van der Waals surface area contributed by atoms with Crippen molar-refractivity contribution in [2.45, 2.75) is 25.7 Å². The van der Waals surface area contributed by atoms with Gasteiger partial charge in [0.05, 0.1) is 25.5 Å². The molecule has 0 spiro atoms. The van der Waals surface area contributed by atoms with E-state index in [2.05, 4.69) is 20.4 Å². The summed E-state index contributed by atoms with van der Waals surface area (Å²) in [6.45, 7) is 4.65. The molecule has 30 heavy (non-hydrogen) atoms. The number of benzene rings is 1. The number of amides is 1. The van der Waals surface area contributed by atoms with E-state index in [9.17, 15) is 9.59 Å². The average Bonchev–Trinajstić information content (AvgIpc) is 2.78. The molecule has 0 saturated carbocycles. The Morgan fingerprint density at radius 1 is 1.20 bits per heavy atom. The zero-order valence-electron chi connectivity index (χ0n) is 17.1. The number of rotatable bonds is 7. The molecule has 8 nitrogen and oxygen atoms in total. The van der Waals surface area contributed by atoms with Crippen molar-refractivity contribution in [2.24, 2.45) is 0 Å². The summed E-state index contributed by atoms with van der Waals surface area (Å²) in [5.74, 6) is -0.189. The van der Waals surface area contributed by atoms with Crippen LogP contribution in [0.2, 0.25) is 0 Å². The van der Waals surface area contributed by atoms with Crippen LogP contribution in [0.1, 0.15) is 24.0 Å². The number of nitrogens with one attached hydrogen (secondary N) is 2. The van der Waals surface area contributed by atoms with Crippen molar-refractivity contribution in [1.82, 2.24) is 15.1 Å². The maximum absolute atomic E-state index is 12.3. The first-order chi connectivity index (χ1) is 14.7. The number of hydrogen-bond acceptors (Lipinski definition) is 6. The summed E-state index contributed by atoms with van der Waals surface area (Å²) < 4.78 is 10.8. The second-order valence-electron chi connectivity index (χ2n) is 7.70. The van der Waals surface area contributed by atoms with Crippen molar-refractivity contribution in [3.05, 3.63) is 45.7 Å². The first kappa shape index (κ1) is 20.7. The molecule has 2 aromatic rings. The third-order valence-corrected chi connectivity index (χ3v) is 5.61. The van der Waals surface area contributed by atoms with Gasteiger partial charge in [-0.05, 0) is 43.4 Å². The highest BCUT2D eigenvalue weighted by Crippen LogP contribution is 2.29. The Kier molecular flexibility index (Phi) is 6.88. The van der Waals surface area contributed by atoms with E-state index in [0.29, 0.717) is 12.3 Å². The number of morpholine rings is 1. The fourth-order valence-corrected chi connectivity index (χ4v) is 4.02. The van der Waals surface area contributed by atoms with Crippen molar-refractivity contribution in [3.63, 3.8) is 0 Å². The Morgan fingerprint density at radius 2 is 2.00 bits per heavy atom. The van der Waals surface area contributed by atoms with Gasteiger partial charge in [0.1, 0.15) is 6.61 Å². The van der Waals surface area contributed by atoms with Crippen LogP contribution in [0.25, 0.3) is 11.3 Å². The molecule has 0 bridgehead atoms. The minimum Gasteiger partial charge on any atom is -0.379 e. The van der Waals surface area contributed by atoms with E-state index in [1.165, 1.54) is 0 Å². The Hall–Kier alpha value is -2.55. The number of aromatic amines is 1. The SMILES string of the molecule is O=C(COCCN1CCOCC1)Nc1cccc(-c2n[nH]c(=O)c3c2CCCC3)c1. The summed E-state index contributed by atoms with van der Waals surface area (Å²) in [7, 11) is 0. The molecule has 1 aliphatic carbocycles. The molecule has 4 rings (SSSR count). The van der Waals surface area contributed by atoms with Crippen LogP contribution >= 0.6 is 0 Å². The molecule has 0 unspecified atom stereocenters. The summed E-state index contributed by atoms with van der Waals surface area (Å²) in [6.07, 6.45) is 3.73. The van der Waals surface area contributed by atoms with Crippen LogP contribution in [0.15, 0.2) is 29.1 Å². The van der Waals surface area contributed by atoms with Gasteiger partial charge in [0.25, 0.3) is 5.56 Å². The van der Waals surface area contributed by atoms with E-state index in [1.807, 2.05) is 24.3 Å². The fraction of sp³-hybridized carbons (Fsp3) is 0.500. The quantitative estimate of drug-likeness (QED) is 0.671. The number of carbonyl (C=O) groups is 1. The number of hydrogen-bond donors (Lipinski definition) is 2. The Labute approximate surface area is 175 Å². The van der Waals surface area contributed by atoms with Gasteiger partial charge in [-0.3, -0.25) is 14.5 Å². The molecule has 1 saturated heterocycles. The summed E-state index contributed by atoms with van der Waals surface area (Å²) >= 11 is 0. The normalized spacial score (nSPS) is 16.8. The van der Waals surface area contributed by atoms with E-state index in [1.54, 1.807) is 0 Å². The summed E-state index contributed by atoms with van der Waals surface area (Å²) in [5.41, 5.74) is 4.14. The van der Waals surface area contributed by atoms with Crippen LogP contribution in [-0.2, 0) is 27.1 Å². The van der Waals surface area contributed by atoms with Crippen molar-refractivity contribution in [1.29, 1.82) is 0 Å². The number of carbonyl (C=O) groups excluding carboxylic acids is 1. The van der Waals surface area contributed by atoms with Gasteiger partial charge in [-0.2, -0.15) is 5.10 Å². The molecule has 1 aliphatic heterocycles. The first-order valence-corrected chi connectivity index (χ1v) is 10.6. The van der Waals surface area contributed by atoms with Gasteiger partial charge < -0.3 is 14.8 Å². The van der Waals surface area contributed by atoms with E-state index in [-0.39, 0.29) is 18.1 Å². The third kappa shape index (κ3) is 5.13. The van der Waals surface area contributed by atoms with Crippen molar-refractivity contribution in [2.75, 3.05) is 51.4 Å². The van der Waals surface area contributed by atoms with Crippen molar-refractivity contribution in [3.8, 4) is 11.3 Å². The molecule has 8 heteroatoms. The first-order valence-electron chi connectivity index (χ1n) is 10.6. The highest BCUT2D eigenvalue weighted by atomic mass is 16.5. The lowest BCUT2D eigenvalue weighted by molar-refractivity contribution is -0.120. The van der Waals surface area contributed by atoms with Gasteiger partial charge in [-0.25, -0.2) is 5.10 Å². The number of aromatic nitrogens is 2. The van der Waals surface area contributed by atoms with Gasteiger partial charge in [-0.1, -0.05) is 12.1 Å². The zero-order chi connectivity index (χ0) is 20.8. The van der Waals surface area contributed by atoms with Gasteiger partial charge in [0.15, 0.2) is 0 Å². The zero-order valence-corrected chi connectivity index (χ0v) is 17.1. The van der Waals surface area contributed by atoms with E-state index in [0.717, 1.165) is 80.9 Å². The van der Waals surface area contributed by atoms with Crippen LogP contribution in [0.4, 0.5) is 5.69 Å². The van der Waals surface area contributed by atoms with E-state index >= 15 is 0 Å². The van der Waals surface area contributed by atoms with Crippen LogP contribution < -0.4 is 10.9 Å². The second-order valence-corrected chi connectivity index (χ2v) is 7.70. The van der Waals surface area contributed by atoms with E-state index < -0.39 is 0 Å². The molecule has 1 aromatic heterocycles. The van der Waals surface area contributed by atoms with Crippen LogP contribution in [0.5, 0.6) is 0 Å². The molecule has 2 N–H and O–H groups in total. The summed E-state index contributed by atoms with van der Waals surface area (Å²) in [5, 5.41) is 9.81. The van der Waals surface area contributed by atoms with E-state index in [4.69, 9.17) is 9.47 Å². The molecule has 2 aliphatic rings. The minimum atomic E-state index is -0.189. The van der Waals surface area contributed by atoms with Gasteiger partial charge in [0.2, 0.25) is 5.91 Å². The van der Waals surface area contributed by atoms with Gasteiger partial charge in [0, 0.05) is 36.4 Å². The lowest BCUT2D eigenvalue weighted by Gasteiger charge is -2.26. The second kappa shape index (κ2) is 9.97. The highest BCUT2D eigenvalue weighted by molar-refractivity contribution is 5.92. The average molecular weight is 412 g/mol. The summed E-state index contributed by atoms with van der Waals surface area (Å²) in [6, 6.07) is 7.56. The van der Waals surface area contributed by atoms with Gasteiger partial charge >= 0.3 is 0 Å². The number of anilines is 1. The molecule has 160 valence electrons. The lowest BCUT2D eigenvalue weighted by atomic mass is 9.90. The van der Waals surface area contributed by atoms with Gasteiger partial charge in [-0.15, -0.1) is 0 Å². The largest absolute Gasteiger partial charge is 0.379 e. The monoisotopic (exact) mass is 412 g/mol. The van der Waals surface area contributed by atoms with Crippen molar-refractivity contribution < 1.29 is 14.3 Å². The lowest BCUT2D eigenvalue weighted by Crippen LogP contribution is -2.38. The Balaban J connectivity index is 1.35. The Morgan fingerprint density at radius 3 is 2.83 bits per heavy atom. The maximum Gasteiger partial charge on any atom is 0.267 e. The van der Waals surface area contributed by atoms with Crippen LogP contribution in [0.3, 0.4) is 0 Å². The Bertz CT molecular complexity index is 937. The van der Waals surface area contributed by atoms with Crippen LogP contribution in [-0.4, -0.2) is 67.1 Å². The van der Waals surface area contributed by atoms with Crippen LogP contribution in [0, 0.1) is 0 Å². The number of fused-ring (bicyclic) bond motifs is 1. The molecular weight excluding hydrogens is 384 g/mol. The topological polar surface area (TPSA) is 96.5 Å².